The predicted octanol–water partition coefficient (Wildman–Crippen LogP) is 3.24. The van der Waals surface area contributed by atoms with Gasteiger partial charge in [0.25, 0.3) is 5.91 Å². The molecule has 0 aliphatic carbocycles. The first-order chi connectivity index (χ1) is 10.2. The lowest BCUT2D eigenvalue weighted by atomic mass is 10.0. The van der Waals surface area contributed by atoms with E-state index in [4.69, 9.17) is 5.11 Å². The minimum absolute atomic E-state index is 0.0308. The quantitative estimate of drug-likeness (QED) is 0.861. The fraction of sp³-hybridized carbons (Fsp3) is 0.286. The Bertz CT molecular complexity index is 630. The summed E-state index contributed by atoms with van der Waals surface area (Å²) in [6, 6.07) is 2.94. The zero-order valence-electron chi connectivity index (χ0n) is 11.3. The Labute approximate surface area is 128 Å². The Kier molecular flexibility index (Phi) is 4.50. The molecule has 1 aliphatic rings. The number of rotatable bonds is 4. The van der Waals surface area contributed by atoms with Crippen LogP contribution in [0.1, 0.15) is 22.3 Å². The number of hydrogen-bond donors (Lipinski definition) is 1. The van der Waals surface area contributed by atoms with E-state index in [1.165, 1.54) is 18.2 Å². The summed E-state index contributed by atoms with van der Waals surface area (Å²) >= 11 is -0.330. The number of thioether (sulfide) groups is 1. The van der Waals surface area contributed by atoms with Crippen molar-refractivity contribution in [3.63, 3.8) is 0 Å². The first kappa shape index (κ1) is 16.4. The van der Waals surface area contributed by atoms with Crippen molar-refractivity contribution in [2.75, 3.05) is 6.54 Å². The molecule has 1 amide bonds. The zero-order chi connectivity index (χ0) is 16.5. The number of carboxylic acid groups (broad SMARTS) is 1. The summed E-state index contributed by atoms with van der Waals surface area (Å²) < 4.78 is 37.6. The van der Waals surface area contributed by atoms with Crippen LogP contribution >= 0.6 is 11.8 Å². The summed E-state index contributed by atoms with van der Waals surface area (Å²) in [4.78, 5) is 24.1. The van der Waals surface area contributed by atoms with E-state index in [1.807, 2.05) is 0 Å². The molecule has 0 saturated carbocycles. The van der Waals surface area contributed by atoms with Crippen LogP contribution in [0.4, 0.5) is 13.2 Å². The topological polar surface area (TPSA) is 57.6 Å². The second kappa shape index (κ2) is 6.04. The van der Waals surface area contributed by atoms with Gasteiger partial charge in [-0.1, -0.05) is 18.7 Å². The van der Waals surface area contributed by atoms with Crippen LogP contribution in [-0.2, 0) is 4.79 Å². The molecule has 0 aromatic heterocycles. The maximum Gasteiger partial charge on any atom is 0.446 e. The Morgan fingerprint density at radius 1 is 1.41 bits per heavy atom. The minimum atomic E-state index is -4.49. The molecular weight excluding hydrogens is 319 g/mol. The third kappa shape index (κ3) is 3.44. The summed E-state index contributed by atoms with van der Waals surface area (Å²) in [7, 11) is 0. The molecule has 2 rings (SSSR count). The second-order valence-corrected chi connectivity index (χ2v) is 5.75. The average molecular weight is 331 g/mol. The van der Waals surface area contributed by atoms with Gasteiger partial charge in [-0.2, -0.15) is 13.2 Å². The van der Waals surface area contributed by atoms with Crippen LogP contribution in [0, 0.1) is 0 Å². The van der Waals surface area contributed by atoms with E-state index < -0.39 is 23.4 Å². The van der Waals surface area contributed by atoms with Crippen molar-refractivity contribution >= 4 is 29.7 Å². The largest absolute Gasteiger partial charge is 0.480 e. The van der Waals surface area contributed by atoms with Crippen LogP contribution in [0.15, 0.2) is 29.7 Å². The third-order valence-electron chi connectivity index (χ3n) is 3.27. The van der Waals surface area contributed by atoms with Gasteiger partial charge in [0.2, 0.25) is 0 Å². The van der Waals surface area contributed by atoms with Crippen LogP contribution in [0.2, 0.25) is 0 Å². The summed E-state index contributed by atoms with van der Waals surface area (Å²) in [6.45, 7) is 3.72. The number of benzene rings is 1. The molecule has 118 valence electrons. The standard InChI is InChI=1S/C14H12F3NO3S/c1-2-8-3-4-9(7-11(8)22-14(15,16)17)12(19)18-6-5-10(18)13(20)21/h2-4,7,10H,1,5-6H2,(H,20,21)/t10-/m1/s1. The Morgan fingerprint density at radius 2 is 2.09 bits per heavy atom. The lowest BCUT2D eigenvalue weighted by Crippen LogP contribution is -2.55. The molecule has 1 atom stereocenters. The van der Waals surface area contributed by atoms with Crippen molar-refractivity contribution in [1.29, 1.82) is 0 Å². The van der Waals surface area contributed by atoms with E-state index in [-0.39, 0.29) is 34.3 Å². The first-order valence-corrected chi connectivity index (χ1v) is 7.10. The van der Waals surface area contributed by atoms with Gasteiger partial charge in [0, 0.05) is 17.0 Å². The fourth-order valence-electron chi connectivity index (χ4n) is 2.10. The van der Waals surface area contributed by atoms with E-state index in [1.54, 1.807) is 0 Å². The minimum Gasteiger partial charge on any atom is -0.480 e. The van der Waals surface area contributed by atoms with Crippen LogP contribution in [0.5, 0.6) is 0 Å². The Morgan fingerprint density at radius 3 is 2.55 bits per heavy atom. The van der Waals surface area contributed by atoms with Crippen LogP contribution in [0.3, 0.4) is 0 Å². The highest BCUT2D eigenvalue weighted by atomic mass is 32.2. The highest BCUT2D eigenvalue weighted by molar-refractivity contribution is 8.00. The van der Waals surface area contributed by atoms with Gasteiger partial charge in [0.05, 0.1) is 0 Å². The van der Waals surface area contributed by atoms with Gasteiger partial charge in [0.1, 0.15) is 6.04 Å². The number of nitrogens with zero attached hydrogens (tertiary/aromatic N) is 1. The SMILES string of the molecule is C=Cc1ccc(C(=O)N2CC[C@@H]2C(=O)O)cc1SC(F)(F)F. The van der Waals surface area contributed by atoms with Crippen LogP contribution in [0.25, 0.3) is 6.08 Å². The lowest BCUT2D eigenvalue weighted by Gasteiger charge is -2.38. The van der Waals surface area contributed by atoms with E-state index >= 15 is 0 Å². The van der Waals surface area contributed by atoms with Gasteiger partial charge in [-0.3, -0.25) is 4.79 Å². The van der Waals surface area contributed by atoms with Crippen molar-refractivity contribution < 1.29 is 27.9 Å². The second-order valence-electron chi connectivity index (χ2n) is 4.65. The van der Waals surface area contributed by atoms with Gasteiger partial charge in [-0.25, -0.2) is 4.79 Å². The maximum atomic E-state index is 12.5. The van der Waals surface area contributed by atoms with E-state index in [0.29, 0.717) is 6.42 Å². The Balaban J connectivity index is 2.28. The third-order valence-corrected chi connectivity index (χ3v) is 4.08. The molecule has 1 heterocycles. The highest BCUT2D eigenvalue weighted by Crippen LogP contribution is 2.39. The monoisotopic (exact) mass is 331 g/mol. The highest BCUT2D eigenvalue weighted by Gasteiger charge is 2.38. The number of carbonyl (C=O) groups excluding carboxylic acids is 1. The molecule has 1 aliphatic heterocycles. The average Bonchev–Trinajstić information content (AvgIpc) is 2.34. The zero-order valence-corrected chi connectivity index (χ0v) is 12.1. The van der Waals surface area contributed by atoms with Crippen molar-refractivity contribution in [2.45, 2.75) is 22.9 Å². The van der Waals surface area contributed by atoms with Crippen LogP contribution in [-0.4, -0.2) is 40.0 Å². The van der Waals surface area contributed by atoms with Gasteiger partial charge >= 0.3 is 11.5 Å². The van der Waals surface area contributed by atoms with Crippen molar-refractivity contribution in [2.24, 2.45) is 0 Å². The first-order valence-electron chi connectivity index (χ1n) is 6.29. The number of carboxylic acids is 1. The molecule has 0 bridgehead atoms. The molecular formula is C14H12F3NO3S. The molecule has 0 unspecified atom stereocenters. The smallest absolute Gasteiger partial charge is 0.446 e. The predicted molar refractivity (Wildman–Crippen MR) is 75.5 cm³/mol. The molecule has 8 heteroatoms. The molecule has 1 aromatic rings. The van der Waals surface area contributed by atoms with Gasteiger partial charge in [-0.05, 0) is 35.9 Å². The molecule has 1 aromatic carbocycles. The molecule has 0 radical (unpaired) electrons. The molecule has 1 fully saturated rings. The lowest BCUT2D eigenvalue weighted by molar-refractivity contribution is -0.146. The maximum absolute atomic E-state index is 12.5. The summed E-state index contributed by atoms with van der Waals surface area (Å²) in [5.74, 6) is -1.70. The molecule has 1 saturated heterocycles. The van der Waals surface area contributed by atoms with Gasteiger partial charge in [0.15, 0.2) is 0 Å². The summed E-state index contributed by atoms with van der Waals surface area (Å²) in [5, 5.41) is 8.93. The van der Waals surface area contributed by atoms with Gasteiger partial charge in [-0.15, -0.1) is 0 Å². The van der Waals surface area contributed by atoms with Crippen molar-refractivity contribution in [3.8, 4) is 0 Å². The molecule has 22 heavy (non-hydrogen) atoms. The summed E-state index contributed by atoms with van der Waals surface area (Å²) in [6.07, 6.45) is 1.61. The van der Waals surface area contributed by atoms with E-state index in [9.17, 15) is 22.8 Å². The van der Waals surface area contributed by atoms with Crippen molar-refractivity contribution in [1.82, 2.24) is 4.90 Å². The summed E-state index contributed by atoms with van der Waals surface area (Å²) in [5.41, 5.74) is -4.19. The number of halogens is 3. The normalized spacial score (nSPS) is 17.8. The number of amides is 1. The molecule has 0 spiro atoms. The Hall–Kier alpha value is -1.96. The number of aliphatic carboxylic acids is 1. The van der Waals surface area contributed by atoms with E-state index in [0.717, 1.165) is 11.0 Å². The number of carbonyl (C=O) groups is 2. The number of alkyl halides is 3. The van der Waals surface area contributed by atoms with Crippen LogP contribution < -0.4 is 0 Å². The molecule has 4 nitrogen and oxygen atoms in total. The van der Waals surface area contributed by atoms with E-state index in [2.05, 4.69) is 6.58 Å². The molecule has 1 N–H and O–H groups in total. The fourth-order valence-corrected chi connectivity index (χ4v) is 2.81. The van der Waals surface area contributed by atoms with Gasteiger partial charge < -0.3 is 10.0 Å². The van der Waals surface area contributed by atoms with Crippen molar-refractivity contribution in [3.05, 3.63) is 35.9 Å². The number of likely N-dealkylation sites (tertiary alicyclic amines) is 1. The number of hydrogen-bond acceptors (Lipinski definition) is 3.